The van der Waals surface area contributed by atoms with Crippen LogP contribution in [0, 0.1) is 0 Å². The van der Waals surface area contributed by atoms with Gasteiger partial charge in [-0.3, -0.25) is 4.79 Å². The maximum absolute atomic E-state index is 10.8. The Balaban J connectivity index is 2.29. The fraction of sp³-hybridized carbons (Fsp3) is 0.538. The third-order valence-corrected chi connectivity index (χ3v) is 3.89. The van der Waals surface area contributed by atoms with Crippen LogP contribution < -0.4 is 16.0 Å². The molecule has 2 aromatic rings. The lowest BCUT2D eigenvalue weighted by Crippen LogP contribution is -2.21. The first-order valence-corrected chi connectivity index (χ1v) is 8.40. The number of rotatable bonds is 8. The third kappa shape index (κ3) is 4.78. The SMILES string of the molecule is CCC(C)Nc1nc(N(C)C)nc(-n2cnc(SCC(N)=O)n2)n1. The Labute approximate surface area is 144 Å². The number of amides is 1. The van der Waals surface area contributed by atoms with Crippen molar-refractivity contribution < 1.29 is 4.79 Å². The molecule has 1 atom stereocenters. The molecule has 0 fully saturated rings. The maximum atomic E-state index is 10.8. The molecular weight excluding hydrogens is 330 g/mol. The molecule has 1 amide bonds. The summed E-state index contributed by atoms with van der Waals surface area (Å²) >= 11 is 1.16. The molecule has 0 aliphatic rings. The van der Waals surface area contributed by atoms with Crippen molar-refractivity contribution in [2.45, 2.75) is 31.5 Å². The van der Waals surface area contributed by atoms with Crippen LogP contribution in [0.25, 0.3) is 5.95 Å². The van der Waals surface area contributed by atoms with Crippen molar-refractivity contribution in [3.05, 3.63) is 6.33 Å². The zero-order valence-electron chi connectivity index (χ0n) is 14.1. The molecule has 0 aromatic carbocycles. The molecule has 2 aromatic heterocycles. The van der Waals surface area contributed by atoms with Gasteiger partial charge in [-0.05, 0) is 13.3 Å². The van der Waals surface area contributed by atoms with Gasteiger partial charge in [-0.2, -0.15) is 19.6 Å². The van der Waals surface area contributed by atoms with Crippen molar-refractivity contribution in [2.75, 3.05) is 30.1 Å². The molecule has 24 heavy (non-hydrogen) atoms. The quantitative estimate of drug-likeness (QED) is 0.645. The first-order chi connectivity index (χ1) is 11.4. The molecule has 10 nitrogen and oxygen atoms in total. The minimum absolute atomic E-state index is 0.116. The summed E-state index contributed by atoms with van der Waals surface area (Å²) in [5.74, 6) is 1.02. The largest absolute Gasteiger partial charge is 0.369 e. The number of nitrogens with one attached hydrogen (secondary N) is 1. The van der Waals surface area contributed by atoms with Gasteiger partial charge in [0.15, 0.2) is 0 Å². The first-order valence-electron chi connectivity index (χ1n) is 7.42. The van der Waals surface area contributed by atoms with E-state index >= 15 is 0 Å². The fourth-order valence-electron chi connectivity index (χ4n) is 1.59. The van der Waals surface area contributed by atoms with E-state index in [-0.39, 0.29) is 11.8 Å². The van der Waals surface area contributed by atoms with Crippen LogP contribution in [0.4, 0.5) is 11.9 Å². The Morgan fingerprint density at radius 3 is 2.79 bits per heavy atom. The number of hydrogen-bond acceptors (Lipinski definition) is 9. The predicted molar refractivity (Wildman–Crippen MR) is 92.4 cm³/mol. The Morgan fingerprint density at radius 2 is 2.17 bits per heavy atom. The van der Waals surface area contributed by atoms with E-state index in [1.165, 1.54) is 11.0 Å². The molecule has 2 heterocycles. The summed E-state index contributed by atoms with van der Waals surface area (Å²) in [5.41, 5.74) is 5.12. The lowest BCUT2D eigenvalue weighted by Gasteiger charge is -2.15. The highest BCUT2D eigenvalue weighted by atomic mass is 32.2. The number of hydrogen-bond donors (Lipinski definition) is 2. The predicted octanol–water partition coefficient (Wildman–Crippen LogP) is 0.306. The second-order valence-electron chi connectivity index (χ2n) is 5.33. The number of nitrogens with two attached hydrogens (primary N) is 1. The fourth-order valence-corrected chi connectivity index (χ4v) is 2.13. The van der Waals surface area contributed by atoms with E-state index in [9.17, 15) is 4.79 Å². The Bertz CT molecular complexity index is 703. The number of carbonyl (C=O) groups excluding carboxylic acids is 1. The molecule has 1 unspecified atom stereocenters. The summed E-state index contributed by atoms with van der Waals surface area (Å²) in [7, 11) is 3.70. The maximum Gasteiger partial charge on any atom is 0.258 e. The van der Waals surface area contributed by atoms with Gasteiger partial charge in [-0.1, -0.05) is 18.7 Å². The monoisotopic (exact) mass is 351 g/mol. The summed E-state index contributed by atoms with van der Waals surface area (Å²) in [4.78, 5) is 29.9. The van der Waals surface area contributed by atoms with Crippen molar-refractivity contribution in [3.63, 3.8) is 0 Å². The van der Waals surface area contributed by atoms with Crippen molar-refractivity contribution in [1.29, 1.82) is 0 Å². The normalized spacial score (nSPS) is 12.0. The molecule has 130 valence electrons. The summed E-state index contributed by atoms with van der Waals surface area (Å²) in [6.45, 7) is 4.12. The smallest absolute Gasteiger partial charge is 0.258 e. The molecule has 0 spiro atoms. The molecule has 0 radical (unpaired) electrons. The van der Waals surface area contributed by atoms with Gasteiger partial charge in [0.2, 0.25) is 23.0 Å². The summed E-state index contributed by atoms with van der Waals surface area (Å²) in [6.07, 6.45) is 2.43. The minimum atomic E-state index is -0.425. The van der Waals surface area contributed by atoms with Crippen LogP contribution in [0.1, 0.15) is 20.3 Å². The van der Waals surface area contributed by atoms with Crippen molar-refractivity contribution in [1.82, 2.24) is 29.7 Å². The second kappa shape index (κ2) is 7.90. The molecule has 0 aliphatic carbocycles. The zero-order chi connectivity index (χ0) is 17.7. The topological polar surface area (TPSA) is 128 Å². The first kappa shape index (κ1) is 17.9. The summed E-state index contributed by atoms with van der Waals surface area (Å²) in [6, 6.07) is 0.229. The minimum Gasteiger partial charge on any atom is -0.369 e. The van der Waals surface area contributed by atoms with Gasteiger partial charge < -0.3 is 16.0 Å². The molecule has 0 saturated heterocycles. The van der Waals surface area contributed by atoms with Crippen LogP contribution in [0.3, 0.4) is 0 Å². The third-order valence-electron chi connectivity index (χ3n) is 3.02. The van der Waals surface area contributed by atoms with Crippen molar-refractivity contribution >= 4 is 29.6 Å². The van der Waals surface area contributed by atoms with Gasteiger partial charge in [0.1, 0.15) is 6.33 Å². The van der Waals surface area contributed by atoms with E-state index in [4.69, 9.17) is 5.73 Å². The average Bonchev–Trinajstić information content (AvgIpc) is 3.01. The Morgan fingerprint density at radius 1 is 1.42 bits per heavy atom. The van der Waals surface area contributed by atoms with E-state index in [1.807, 2.05) is 21.0 Å². The molecule has 0 bridgehead atoms. The van der Waals surface area contributed by atoms with Gasteiger partial charge in [0.25, 0.3) is 5.95 Å². The van der Waals surface area contributed by atoms with Gasteiger partial charge in [0.05, 0.1) is 5.75 Å². The van der Waals surface area contributed by atoms with Crippen LogP contribution in [0.15, 0.2) is 11.5 Å². The highest BCUT2D eigenvalue weighted by Gasteiger charge is 2.13. The number of thioether (sulfide) groups is 1. The lowest BCUT2D eigenvalue weighted by atomic mass is 10.3. The van der Waals surface area contributed by atoms with Crippen LogP contribution in [-0.2, 0) is 4.79 Å². The summed E-state index contributed by atoms with van der Waals surface area (Å²) in [5, 5.41) is 7.91. The van der Waals surface area contributed by atoms with E-state index in [0.29, 0.717) is 23.0 Å². The molecule has 2 rings (SSSR count). The van der Waals surface area contributed by atoms with E-state index < -0.39 is 5.91 Å². The average molecular weight is 351 g/mol. The van der Waals surface area contributed by atoms with E-state index in [2.05, 4.69) is 37.3 Å². The number of nitrogens with zero attached hydrogens (tertiary/aromatic N) is 7. The van der Waals surface area contributed by atoms with Gasteiger partial charge in [0, 0.05) is 20.1 Å². The molecule has 11 heteroatoms. The van der Waals surface area contributed by atoms with Crippen LogP contribution in [0.5, 0.6) is 0 Å². The standard InChI is InChI=1S/C13H21N9OS/c1-5-8(2)16-10-17-11(21(3)4)19-12(18-10)22-7-15-13(20-22)24-6-9(14)23/h7-8H,5-6H2,1-4H3,(H2,14,23)(H,16,17,18,19). The number of anilines is 2. The van der Waals surface area contributed by atoms with Gasteiger partial charge in [-0.25, -0.2) is 4.98 Å². The molecule has 3 N–H and O–H groups in total. The molecule has 0 saturated carbocycles. The van der Waals surface area contributed by atoms with Crippen LogP contribution in [-0.4, -0.2) is 61.5 Å². The Hall–Kier alpha value is -2.43. The van der Waals surface area contributed by atoms with E-state index in [1.54, 1.807) is 4.90 Å². The highest BCUT2D eigenvalue weighted by molar-refractivity contribution is 7.99. The molecule has 0 aliphatic heterocycles. The van der Waals surface area contributed by atoms with Crippen molar-refractivity contribution in [3.8, 4) is 5.95 Å². The highest BCUT2D eigenvalue weighted by Crippen LogP contribution is 2.15. The van der Waals surface area contributed by atoms with Gasteiger partial charge >= 0.3 is 0 Å². The number of aromatic nitrogens is 6. The van der Waals surface area contributed by atoms with E-state index in [0.717, 1.165) is 18.2 Å². The number of primary amides is 1. The van der Waals surface area contributed by atoms with Crippen LogP contribution in [0.2, 0.25) is 0 Å². The zero-order valence-corrected chi connectivity index (χ0v) is 14.9. The van der Waals surface area contributed by atoms with Crippen molar-refractivity contribution in [2.24, 2.45) is 5.73 Å². The summed E-state index contributed by atoms with van der Waals surface area (Å²) < 4.78 is 1.44. The van der Waals surface area contributed by atoms with Crippen LogP contribution >= 0.6 is 11.8 Å². The molecular formula is C13H21N9OS. The lowest BCUT2D eigenvalue weighted by molar-refractivity contribution is -0.115. The number of carbonyl (C=O) groups is 1. The van der Waals surface area contributed by atoms with Gasteiger partial charge in [-0.15, -0.1) is 5.10 Å². The second-order valence-corrected chi connectivity index (χ2v) is 6.28. The Kier molecular flexibility index (Phi) is 5.90.